The zero-order valence-corrected chi connectivity index (χ0v) is 20.1. The maximum atomic E-state index is 14.3. The molecule has 0 spiro atoms. The maximum Gasteiger partial charge on any atom is 0.242 e. The summed E-state index contributed by atoms with van der Waals surface area (Å²) in [7, 11) is 0. The number of fused-ring (bicyclic) bond motifs is 1. The molecule has 1 saturated heterocycles. The van der Waals surface area contributed by atoms with Gasteiger partial charge in [0.05, 0.1) is 6.54 Å². The van der Waals surface area contributed by atoms with Gasteiger partial charge >= 0.3 is 0 Å². The van der Waals surface area contributed by atoms with Crippen LogP contribution in [0.2, 0.25) is 0 Å². The van der Waals surface area contributed by atoms with Gasteiger partial charge in [-0.1, -0.05) is 30.3 Å². The smallest absolute Gasteiger partial charge is 0.242 e. The van der Waals surface area contributed by atoms with Crippen LogP contribution in [0, 0.1) is 11.7 Å². The number of halogens is 1. The maximum absolute atomic E-state index is 14.3. The normalized spacial score (nSPS) is 18.6. The largest absolute Gasteiger partial charge is 0.376 e. The van der Waals surface area contributed by atoms with Crippen LogP contribution in [0.3, 0.4) is 0 Å². The number of nitrogens with zero attached hydrogens (tertiary/aromatic N) is 3. The summed E-state index contributed by atoms with van der Waals surface area (Å²) in [5.74, 6) is 0.676. The van der Waals surface area contributed by atoms with Crippen molar-refractivity contribution in [3.63, 3.8) is 0 Å². The number of carbonyl (C=O) groups is 1. The minimum Gasteiger partial charge on any atom is -0.376 e. The number of nitrogens with one attached hydrogen (secondary N) is 1. The molecule has 182 valence electrons. The summed E-state index contributed by atoms with van der Waals surface area (Å²) in [6, 6.07) is 13.2. The monoisotopic (exact) mass is 464 g/mol. The van der Waals surface area contributed by atoms with Crippen LogP contribution in [0.1, 0.15) is 42.4 Å². The lowest BCUT2D eigenvalue weighted by molar-refractivity contribution is -0.130. The second kappa shape index (κ2) is 10.9. The molecule has 0 unspecified atom stereocenters. The van der Waals surface area contributed by atoms with Crippen LogP contribution in [0.4, 0.5) is 10.1 Å². The lowest BCUT2D eigenvalue weighted by Gasteiger charge is -2.30. The standard InChI is InChI=1S/C28H37FN4O/c29-26-8-2-1-6-24(26)21-33(17-16-31-13-3-4-14-31)28(34)18-30-27-9-5-7-23-20-32(15-12-25(23)27)19-22-10-11-22/h1-2,5-9,22,30H,3-4,10-21H2. The molecule has 5 nitrogen and oxygen atoms in total. The summed E-state index contributed by atoms with van der Waals surface area (Å²) in [5.41, 5.74) is 4.37. The highest BCUT2D eigenvalue weighted by atomic mass is 19.1. The number of hydrogen-bond acceptors (Lipinski definition) is 4. The first kappa shape index (κ1) is 23.3. The Morgan fingerprint density at radius 2 is 1.85 bits per heavy atom. The van der Waals surface area contributed by atoms with Crippen molar-refractivity contribution in [1.82, 2.24) is 14.7 Å². The summed E-state index contributed by atoms with van der Waals surface area (Å²) >= 11 is 0. The van der Waals surface area contributed by atoms with Crippen molar-refractivity contribution in [3.8, 4) is 0 Å². The molecule has 5 rings (SSSR count). The topological polar surface area (TPSA) is 38.8 Å². The van der Waals surface area contributed by atoms with Crippen LogP contribution in [0.15, 0.2) is 42.5 Å². The molecular formula is C28H37FN4O. The third-order valence-electron chi connectivity index (χ3n) is 7.54. The van der Waals surface area contributed by atoms with E-state index < -0.39 is 0 Å². The summed E-state index contributed by atoms with van der Waals surface area (Å²) < 4.78 is 14.3. The number of benzene rings is 2. The van der Waals surface area contributed by atoms with Gasteiger partial charge < -0.3 is 15.1 Å². The van der Waals surface area contributed by atoms with Gasteiger partial charge in [-0.15, -0.1) is 0 Å². The van der Waals surface area contributed by atoms with Gasteiger partial charge in [-0.2, -0.15) is 0 Å². The van der Waals surface area contributed by atoms with E-state index >= 15 is 0 Å². The molecule has 6 heteroatoms. The number of anilines is 1. The van der Waals surface area contributed by atoms with Crippen molar-refractivity contribution in [3.05, 3.63) is 65.0 Å². The molecule has 2 heterocycles. The first-order valence-electron chi connectivity index (χ1n) is 13.0. The van der Waals surface area contributed by atoms with Crippen LogP contribution in [0.25, 0.3) is 0 Å². The SMILES string of the molecule is O=C(CNc1cccc2c1CCN(CC1CC1)C2)N(CCN1CCCC1)Cc1ccccc1F. The highest BCUT2D eigenvalue weighted by molar-refractivity contribution is 5.81. The summed E-state index contributed by atoms with van der Waals surface area (Å²) in [6.07, 6.45) is 6.23. The number of likely N-dealkylation sites (tertiary alicyclic amines) is 1. The molecule has 1 amide bonds. The van der Waals surface area contributed by atoms with Crippen LogP contribution in [0.5, 0.6) is 0 Å². The molecule has 0 bridgehead atoms. The Labute approximate surface area is 202 Å². The van der Waals surface area contributed by atoms with E-state index in [1.807, 2.05) is 11.0 Å². The number of carbonyl (C=O) groups excluding carboxylic acids is 1. The summed E-state index contributed by atoms with van der Waals surface area (Å²) in [6.45, 7) is 7.51. The van der Waals surface area contributed by atoms with Crippen molar-refractivity contribution in [2.75, 3.05) is 51.1 Å². The van der Waals surface area contributed by atoms with Crippen molar-refractivity contribution >= 4 is 11.6 Å². The Hall–Kier alpha value is -2.44. The molecule has 2 aromatic carbocycles. The molecule has 1 aliphatic carbocycles. The van der Waals surface area contributed by atoms with Gasteiger partial charge in [0.15, 0.2) is 0 Å². The van der Waals surface area contributed by atoms with Gasteiger partial charge in [-0.05, 0) is 74.4 Å². The molecular weight excluding hydrogens is 427 g/mol. The molecule has 2 aromatic rings. The Balaban J connectivity index is 1.22. The van der Waals surface area contributed by atoms with Crippen molar-refractivity contribution in [2.45, 2.75) is 45.2 Å². The van der Waals surface area contributed by atoms with Gasteiger partial charge in [-0.3, -0.25) is 9.69 Å². The number of rotatable bonds is 10. The van der Waals surface area contributed by atoms with Gasteiger partial charge in [0, 0.05) is 50.5 Å². The quantitative estimate of drug-likeness (QED) is 0.574. The van der Waals surface area contributed by atoms with E-state index in [4.69, 9.17) is 0 Å². The molecule has 0 radical (unpaired) electrons. The number of amides is 1. The predicted molar refractivity (Wildman–Crippen MR) is 134 cm³/mol. The van der Waals surface area contributed by atoms with Crippen molar-refractivity contribution in [1.29, 1.82) is 0 Å². The van der Waals surface area contributed by atoms with Crippen LogP contribution in [-0.4, -0.2) is 66.4 Å². The van der Waals surface area contributed by atoms with E-state index in [0.717, 1.165) is 50.7 Å². The molecule has 1 saturated carbocycles. The Kier molecular flexibility index (Phi) is 7.45. The third-order valence-corrected chi connectivity index (χ3v) is 7.54. The highest BCUT2D eigenvalue weighted by Gasteiger charge is 2.27. The van der Waals surface area contributed by atoms with Gasteiger partial charge in [0.25, 0.3) is 0 Å². The van der Waals surface area contributed by atoms with E-state index in [-0.39, 0.29) is 18.3 Å². The van der Waals surface area contributed by atoms with E-state index in [1.165, 1.54) is 49.4 Å². The van der Waals surface area contributed by atoms with E-state index in [1.54, 1.807) is 12.1 Å². The summed E-state index contributed by atoms with van der Waals surface area (Å²) in [5, 5.41) is 3.43. The minimum absolute atomic E-state index is 0.0197. The number of hydrogen-bond donors (Lipinski definition) is 1. The average molecular weight is 465 g/mol. The fourth-order valence-electron chi connectivity index (χ4n) is 5.33. The molecule has 0 atom stereocenters. The fraction of sp³-hybridized carbons (Fsp3) is 0.536. The lowest BCUT2D eigenvalue weighted by atomic mass is 9.97. The van der Waals surface area contributed by atoms with Crippen LogP contribution < -0.4 is 5.32 Å². The van der Waals surface area contributed by atoms with E-state index in [0.29, 0.717) is 18.7 Å². The minimum atomic E-state index is -0.248. The predicted octanol–water partition coefficient (Wildman–Crippen LogP) is 4.13. The van der Waals surface area contributed by atoms with Crippen molar-refractivity contribution < 1.29 is 9.18 Å². The first-order valence-corrected chi connectivity index (χ1v) is 13.0. The second-order valence-electron chi connectivity index (χ2n) is 10.2. The molecule has 2 aliphatic heterocycles. The highest BCUT2D eigenvalue weighted by Crippen LogP contribution is 2.32. The van der Waals surface area contributed by atoms with E-state index in [9.17, 15) is 9.18 Å². The Bertz CT molecular complexity index is 986. The molecule has 2 fully saturated rings. The second-order valence-corrected chi connectivity index (χ2v) is 10.2. The van der Waals surface area contributed by atoms with Gasteiger partial charge in [-0.25, -0.2) is 4.39 Å². The van der Waals surface area contributed by atoms with Crippen LogP contribution in [-0.2, 0) is 24.3 Å². The average Bonchev–Trinajstić information content (AvgIpc) is 3.51. The molecule has 0 aromatic heterocycles. The first-order chi connectivity index (χ1) is 16.7. The zero-order chi connectivity index (χ0) is 23.3. The van der Waals surface area contributed by atoms with E-state index in [2.05, 4.69) is 33.3 Å². The Morgan fingerprint density at radius 3 is 2.65 bits per heavy atom. The summed E-state index contributed by atoms with van der Waals surface area (Å²) in [4.78, 5) is 20.1. The van der Waals surface area contributed by atoms with Crippen molar-refractivity contribution in [2.24, 2.45) is 5.92 Å². The third kappa shape index (κ3) is 5.97. The Morgan fingerprint density at radius 1 is 1.03 bits per heavy atom. The van der Waals surface area contributed by atoms with Crippen LogP contribution >= 0.6 is 0 Å². The molecule has 34 heavy (non-hydrogen) atoms. The van der Waals surface area contributed by atoms with Gasteiger partial charge in [0.2, 0.25) is 5.91 Å². The zero-order valence-electron chi connectivity index (χ0n) is 20.1. The molecule has 1 N–H and O–H groups in total. The lowest BCUT2D eigenvalue weighted by Crippen LogP contribution is -2.40. The van der Waals surface area contributed by atoms with Gasteiger partial charge in [0.1, 0.15) is 5.82 Å². The fourth-order valence-corrected chi connectivity index (χ4v) is 5.33. The molecule has 3 aliphatic rings.